The molecular formula is C65H66Cl3N9O4. The molecule has 8 aromatic rings. The van der Waals surface area contributed by atoms with Crippen LogP contribution in [0.15, 0.2) is 209 Å². The van der Waals surface area contributed by atoms with E-state index in [9.17, 15) is 15.1 Å². The summed E-state index contributed by atoms with van der Waals surface area (Å²) < 4.78 is 6.19. The first-order valence-corrected chi connectivity index (χ1v) is 27.4. The lowest BCUT2D eigenvalue weighted by Crippen LogP contribution is -2.47. The van der Waals surface area contributed by atoms with Gasteiger partial charge in [-0.15, -0.1) is 12.4 Å². The number of aromatic nitrogens is 1. The van der Waals surface area contributed by atoms with E-state index < -0.39 is 12.1 Å². The number of benzene rings is 7. The number of hydrogen-bond acceptors (Lipinski definition) is 11. The summed E-state index contributed by atoms with van der Waals surface area (Å²) in [7, 11) is 5.84. The number of likely N-dealkylation sites (N-methyl/N-ethyl adjacent to an activating group) is 1. The number of rotatable bonds is 8. The summed E-state index contributed by atoms with van der Waals surface area (Å²) in [5.41, 5.74) is 10.9. The fourth-order valence-electron chi connectivity index (χ4n) is 10.0. The number of halogens is 3. The second-order valence-electron chi connectivity index (χ2n) is 19.6. The summed E-state index contributed by atoms with van der Waals surface area (Å²) >= 11 is 12.1. The normalized spacial score (nSPS) is 16.8. The summed E-state index contributed by atoms with van der Waals surface area (Å²) in [6.07, 6.45) is 2.53. The van der Waals surface area contributed by atoms with Gasteiger partial charge in [-0.25, -0.2) is 20.0 Å². The third kappa shape index (κ3) is 15.0. The van der Waals surface area contributed by atoms with Gasteiger partial charge in [-0.3, -0.25) is 15.0 Å². The zero-order valence-electron chi connectivity index (χ0n) is 45.7. The highest BCUT2D eigenvalue weighted by Gasteiger charge is 2.33. The molecular weight excluding hydrogens is 1080 g/mol. The number of piperazine rings is 1. The molecule has 4 aliphatic rings. The maximum Gasteiger partial charge on any atom is 0.276 e. The molecule has 3 atom stereocenters. The Morgan fingerprint density at radius 3 is 2.17 bits per heavy atom. The van der Waals surface area contributed by atoms with Crippen LogP contribution in [0.2, 0.25) is 10.0 Å². The maximum absolute atomic E-state index is 11.7. The molecule has 81 heavy (non-hydrogen) atoms. The van der Waals surface area contributed by atoms with E-state index in [4.69, 9.17) is 27.9 Å². The molecule has 0 spiro atoms. The molecule has 0 bridgehead atoms. The zero-order valence-corrected chi connectivity index (χ0v) is 48.0. The average molecular weight is 1140 g/mol. The molecule has 16 heteroatoms. The lowest BCUT2D eigenvalue weighted by molar-refractivity contribution is -0.123. The summed E-state index contributed by atoms with van der Waals surface area (Å²) in [6, 6.07) is 61.7. The number of benzodiazepines with no additional fused rings is 1. The number of hydroxylamine groups is 2. The zero-order chi connectivity index (χ0) is 56.0. The number of nitrogens with zero attached hydrogens (tertiary/aromatic N) is 7. The van der Waals surface area contributed by atoms with Crippen molar-refractivity contribution in [3.05, 3.63) is 259 Å². The molecule has 0 saturated carbocycles. The highest BCUT2D eigenvalue weighted by atomic mass is 35.5. The molecule has 1 fully saturated rings. The van der Waals surface area contributed by atoms with Crippen LogP contribution in [0.3, 0.4) is 0 Å². The minimum Gasteiger partial charge on any atom is -0.485 e. The molecule has 13 nitrogen and oxygen atoms in total. The molecule has 1 saturated heterocycles. The van der Waals surface area contributed by atoms with Crippen molar-refractivity contribution in [1.82, 2.24) is 20.3 Å². The maximum atomic E-state index is 11.7. The monoisotopic (exact) mass is 1140 g/mol. The summed E-state index contributed by atoms with van der Waals surface area (Å²) in [4.78, 5) is 34.1. The number of anilines is 2. The lowest BCUT2D eigenvalue weighted by atomic mass is 9.96. The number of para-hydroxylation sites is 1. The first-order valence-electron chi connectivity index (χ1n) is 26.6. The van der Waals surface area contributed by atoms with Crippen LogP contribution in [-0.2, 0) is 11.2 Å². The van der Waals surface area contributed by atoms with Crippen molar-refractivity contribution in [2.75, 3.05) is 64.1 Å². The van der Waals surface area contributed by atoms with Gasteiger partial charge < -0.3 is 30.3 Å². The smallest absolute Gasteiger partial charge is 0.276 e. The Labute approximate surface area is 490 Å². The highest BCUT2D eigenvalue weighted by molar-refractivity contribution is 6.32. The van der Waals surface area contributed by atoms with E-state index in [2.05, 4.69) is 121 Å². The van der Waals surface area contributed by atoms with Gasteiger partial charge in [0.1, 0.15) is 30.1 Å². The number of ether oxygens (including phenoxy) is 1. The van der Waals surface area contributed by atoms with Crippen LogP contribution in [-0.4, -0.2) is 103 Å². The van der Waals surface area contributed by atoms with Gasteiger partial charge in [0.2, 0.25) is 6.23 Å². The topological polar surface area (TPSA) is 151 Å². The molecule has 1 aromatic heterocycles. The summed E-state index contributed by atoms with van der Waals surface area (Å²) in [6.45, 7) is 6.48. The van der Waals surface area contributed by atoms with Gasteiger partial charge in [0.25, 0.3) is 5.91 Å². The highest BCUT2D eigenvalue weighted by Crippen LogP contribution is 2.38. The molecule has 2 unspecified atom stereocenters. The number of carbonyl (C=O) groups excluding carboxylic acids is 1. The van der Waals surface area contributed by atoms with E-state index in [0.717, 1.165) is 66.5 Å². The first kappa shape index (κ1) is 59.4. The number of aryl methyl sites for hydroxylation is 1. The van der Waals surface area contributed by atoms with E-state index in [0.29, 0.717) is 44.6 Å². The Hall–Kier alpha value is -7.72. The second kappa shape index (κ2) is 28.6. The third-order valence-corrected chi connectivity index (χ3v) is 14.5. The Morgan fingerprint density at radius 2 is 1.44 bits per heavy atom. The number of carbonyl (C=O) groups is 1. The largest absolute Gasteiger partial charge is 0.485 e. The molecule has 416 valence electrons. The minimum atomic E-state index is -1.43. The van der Waals surface area contributed by atoms with Gasteiger partial charge in [-0.2, -0.15) is 0 Å². The van der Waals surface area contributed by atoms with Crippen LogP contribution in [0.1, 0.15) is 63.1 Å². The van der Waals surface area contributed by atoms with E-state index in [1.165, 1.54) is 38.7 Å². The van der Waals surface area contributed by atoms with Crippen molar-refractivity contribution >= 4 is 70.3 Å². The van der Waals surface area contributed by atoms with Crippen molar-refractivity contribution in [3.63, 3.8) is 0 Å². The predicted octanol–water partition coefficient (Wildman–Crippen LogP) is 10.9. The number of aliphatic imine (C=N–C) groups is 2. The van der Waals surface area contributed by atoms with Gasteiger partial charge in [-0.05, 0) is 104 Å². The summed E-state index contributed by atoms with van der Waals surface area (Å²) in [5.74, 6) is 2.15. The summed E-state index contributed by atoms with van der Waals surface area (Å²) in [5, 5.41) is 29.9. The second-order valence-corrected chi connectivity index (χ2v) is 20.5. The number of nitrogens with one attached hydrogen (secondary N) is 2. The van der Waals surface area contributed by atoms with Crippen molar-refractivity contribution in [3.8, 4) is 5.75 Å². The minimum absolute atomic E-state index is 0. The van der Waals surface area contributed by atoms with Crippen LogP contribution in [0.25, 0.3) is 5.70 Å². The van der Waals surface area contributed by atoms with E-state index in [-0.39, 0.29) is 25.1 Å². The molecule has 0 radical (unpaired) electrons. The van der Waals surface area contributed by atoms with Crippen molar-refractivity contribution in [1.29, 1.82) is 0 Å². The van der Waals surface area contributed by atoms with Crippen molar-refractivity contribution in [2.24, 2.45) is 15.0 Å². The molecule has 12 rings (SSSR count). The number of aliphatic hydroxyl groups is 1. The number of fused-ring (bicyclic) bond motifs is 7. The SMILES string of the molecule is CN1CCN2c3ncccc3Cc3ccccc3C2C1.CN=C1CN(O)C(c2ccccc2)=c2cc(Cl)ccc2=N1.CNCC[C@@H](Oc1ccccc1C)c1ccccc1.Cl.O=C1Nc2ccc(Cl)cc2C(c2ccccc2)=NC1O. The van der Waals surface area contributed by atoms with Crippen LogP contribution >= 0.6 is 35.6 Å². The number of amides is 1. The van der Waals surface area contributed by atoms with E-state index in [1.807, 2.05) is 110 Å². The molecule has 4 aliphatic heterocycles. The molecule has 0 aliphatic carbocycles. The van der Waals surface area contributed by atoms with Gasteiger partial charge in [0.15, 0.2) is 0 Å². The van der Waals surface area contributed by atoms with Gasteiger partial charge in [-0.1, -0.05) is 163 Å². The number of aliphatic hydroxyl groups excluding tert-OH is 1. The fraction of sp³-hybridized carbons (Fsp3) is 0.215. The number of pyridine rings is 1. The first-order chi connectivity index (χ1) is 39.0. The van der Waals surface area contributed by atoms with E-state index >= 15 is 0 Å². The van der Waals surface area contributed by atoms with Crippen LogP contribution in [0, 0.1) is 6.92 Å². The van der Waals surface area contributed by atoms with Crippen molar-refractivity contribution < 1.29 is 19.8 Å². The van der Waals surface area contributed by atoms with E-state index in [1.54, 1.807) is 31.3 Å². The Kier molecular flexibility index (Phi) is 21.0. The molecule has 7 aromatic carbocycles. The molecule has 5 heterocycles. The Morgan fingerprint density at radius 1 is 0.790 bits per heavy atom. The standard InChI is InChI=1S/C17H19N3.C17H21NO.C16H14ClN3O.C15H11ClN2O2.ClH/c1-19-9-10-20-16(12-19)15-7-3-2-5-13(15)11-14-6-4-8-18-17(14)20;1-14-8-6-7-11-16(14)19-17(12-13-18-2)15-9-4-3-5-10-15;1-18-15-10-20(21)16(11-5-3-2-4-6-11)13-9-12(17)7-8-14(13)19-15;16-10-6-7-12-11(8-10)13(9-4-2-1-3-5-9)18-15(20)14(19)17-12;/h2-8,16H,9-12H2,1H3;3-11,17-18H,12-13H2,1-2H3;2-9,21H,10H2,1H3;1-8,15,20H,(H,17,19);1H/t;17-;;;/m.1.../s1. The molecule has 1 amide bonds. The quantitative estimate of drug-likeness (QED) is 0.117. The fourth-order valence-corrected chi connectivity index (χ4v) is 10.4. The Bertz CT molecular complexity index is 3590. The van der Waals surface area contributed by atoms with Crippen LogP contribution < -0.4 is 30.8 Å². The van der Waals surface area contributed by atoms with Gasteiger partial charge >= 0.3 is 0 Å². The number of hydrogen-bond donors (Lipinski definition) is 4. The van der Waals surface area contributed by atoms with Gasteiger partial charge in [0, 0.05) is 77.7 Å². The lowest BCUT2D eigenvalue weighted by Gasteiger charge is -2.41. The number of amidine groups is 1. The van der Waals surface area contributed by atoms with Crippen molar-refractivity contribution in [2.45, 2.75) is 38.1 Å². The third-order valence-electron chi connectivity index (χ3n) is 14.1. The molecule has 4 N–H and O–H groups in total. The average Bonchev–Trinajstić information content (AvgIpc) is 4.09. The Balaban J connectivity index is 0.000000141. The predicted molar refractivity (Wildman–Crippen MR) is 329 cm³/mol. The van der Waals surface area contributed by atoms with Gasteiger partial charge in [0.05, 0.1) is 28.5 Å². The van der Waals surface area contributed by atoms with Crippen LogP contribution in [0.4, 0.5) is 11.5 Å². The van der Waals surface area contributed by atoms with Crippen LogP contribution in [0.5, 0.6) is 5.75 Å².